The van der Waals surface area contributed by atoms with Crippen molar-refractivity contribution in [1.29, 1.82) is 0 Å². The fourth-order valence-electron chi connectivity index (χ4n) is 3.10. The first-order valence-electron chi connectivity index (χ1n) is 7.82. The van der Waals surface area contributed by atoms with Gasteiger partial charge in [0.1, 0.15) is 17.9 Å². The van der Waals surface area contributed by atoms with Gasteiger partial charge in [0.25, 0.3) is 0 Å². The maximum atomic E-state index is 12.0. The normalized spacial score (nSPS) is 16.7. The van der Waals surface area contributed by atoms with Crippen molar-refractivity contribution in [1.82, 2.24) is 19.7 Å². The van der Waals surface area contributed by atoms with E-state index in [-0.39, 0.29) is 53.3 Å². The minimum atomic E-state index is 0. The third-order valence-electron chi connectivity index (χ3n) is 4.43. The van der Waals surface area contributed by atoms with Gasteiger partial charge in [-0.05, 0) is 17.7 Å². The van der Waals surface area contributed by atoms with E-state index in [0.717, 1.165) is 43.4 Å². The predicted octanol–water partition coefficient (Wildman–Crippen LogP) is 1.76. The molecule has 1 aromatic heterocycles. The molecule has 2 aliphatic heterocycles. The predicted molar refractivity (Wildman–Crippen MR) is 89.4 cm³/mol. The molecule has 1 aromatic carbocycles. The van der Waals surface area contributed by atoms with E-state index in [1.807, 2.05) is 17.8 Å². The van der Waals surface area contributed by atoms with Crippen LogP contribution >= 0.6 is 0 Å². The summed E-state index contributed by atoms with van der Waals surface area (Å²) in [6.07, 6.45) is 2.03. The molecule has 1 radical (unpaired) electrons. The molecule has 4 rings (SSSR count). The molecular formula is C16H21N6O2Pr-. The molecule has 0 unspecified atom stereocenters. The van der Waals surface area contributed by atoms with Crippen LogP contribution in [0.2, 0.25) is 0 Å². The zero-order chi connectivity index (χ0) is 15.8. The summed E-state index contributed by atoms with van der Waals surface area (Å²) in [6.45, 7) is 3.86. The Balaban J connectivity index is 0.00000113. The average molecular weight is 470 g/mol. The molecular weight excluding hydrogens is 449 g/mol. The number of nitrogens with zero attached hydrogens (tertiary/aromatic N) is 5. The van der Waals surface area contributed by atoms with Gasteiger partial charge in [-0.15, -0.1) is 0 Å². The number of hydrogen-bond donors (Lipinski definition) is 0. The summed E-state index contributed by atoms with van der Waals surface area (Å²) in [7, 11) is 1.81. The summed E-state index contributed by atoms with van der Waals surface area (Å²) in [6, 6.07) is 6.09. The van der Waals surface area contributed by atoms with E-state index in [2.05, 4.69) is 27.1 Å². The molecule has 8 nitrogen and oxygen atoms in total. The minimum Gasteiger partial charge on any atom is -0.693 e. The van der Waals surface area contributed by atoms with Crippen LogP contribution in [0.15, 0.2) is 24.5 Å². The van der Waals surface area contributed by atoms with Crippen molar-refractivity contribution in [2.45, 2.75) is 26.1 Å². The van der Waals surface area contributed by atoms with Gasteiger partial charge in [-0.3, -0.25) is 9.69 Å². The topological polar surface area (TPSA) is 97.0 Å². The monoisotopic (exact) mass is 470 g/mol. The van der Waals surface area contributed by atoms with Gasteiger partial charge < -0.3 is 15.8 Å². The van der Waals surface area contributed by atoms with E-state index in [9.17, 15) is 4.79 Å². The summed E-state index contributed by atoms with van der Waals surface area (Å²) in [5.41, 5.74) is 2.02. The summed E-state index contributed by atoms with van der Waals surface area (Å²) < 4.78 is 7.62. The molecule has 9 heteroatoms. The molecule has 0 fully saturated rings. The fourth-order valence-corrected chi connectivity index (χ4v) is 3.10. The Bertz CT molecular complexity index is 750. The van der Waals surface area contributed by atoms with Gasteiger partial charge in [0.15, 0.2) is 0 Å². The zero-order valence-electron chi connectivity index (χ0n) is 14.3. The number of carbonyl (C=O) groups is 1. The molecule has 0 bridgehead atoms. The van der Waals surface area contributed by atoms with Gasteiger partial charge in [-0.2, -0.15) is 5.10 Å². The Hall–Kier alpha value is -1.09. The Morgan fingerprint density at radius 2 is 2.12 bits per heavy atom. The van der Waals surface area contributed by atoms with Gasteiger partial charge in [0, 0.05) is 61.4 Å². The molecule has 3 heterocycles. The first kappa shape index (κ1) is 20.2. The van der Waals surface area contributed by atoms with Crippen LogP contribution < -0.4 is 9.64 Å². The minimum absolute atomic E-state index is 0. The van der Waals surface area contributed by atoms with E-state index >= 15 is 0 Å². The number of nitrogens with two attached hydrogens (primary N) is 1. The first-order chi connectivity index (χ1) is 11.2. The van der Waals surface area contributed by atoms with Crippen molar-refractivity contribution in [2.24, 2.45) is 0 Å². The second kappa shape index (κ2) is 8.53. The Kier molecular flexibility index (Phi) is 6.90. The number of aromatic nitrogens is 3. The molecule has 131 valence electrons. The van der Waals surface area contributed by atoms with Crippen molar-refractivity contribution >= 4 is 11.6 Å². The van der Waals surface area contributed by atoms with Crippen LogP contribution in [0.1, 0.15) is 17.8 Å². The van der Waals surface area contributed by atoms with E-state index < -0.39 is 0 Å². The van der Waals surface area contributed by atoms with Crippen LogP contribution in [-0.4, -0.2) is 45.8 Å². The van der Waals surface area contributed by atoms with E-state index in [0.29, 0.717) is 13.0 Å². The van der Waals surface area contributed by atoms with Crippen molar-refractivity contribution < 1.29 is 50.8 Å². The van der Waals surface area contributed by atoms with Crippen molar-refractivity contribution in [3.63, 3.8) is 0 Å². The summed E-state index contributed by atoms with van der Waals surface area (Å²) >= 11 is 0. The van der Waals surface area contributed by atoms with E-state index in [1.54, 1.807) is 11.2 Å². The van der Waals surface area contributed by atoms with Gasteiger partial charge >= 0.3 is 0 Å². The summed E-state index contributed by atoms with van der Waals surface area (Å²) in [5, 5.41) is 4.20. The quantitative estimate of drug-likeness (QED) is 0.667. The maximum Gasteiger partial charge on any atom is 0.230 e. The maximum absolute atomic E-state index is 12.0. The molecule has 0 atom stereocenters. The molecule has 25 heavy (non-hydrogen) atoms. The Morgan fingerprint density at radius 1 is 1.28 bits per heavy atom. The molecule has 0 saturated heterocycles. The zero-order valence-corrected chi connectivity index (χ0v) is 18.0. The summed E-state index contributed by atoms with van der Waals surface area (Å²) in [4.78, 5) is 20.3. The standard InChI is InChI=1S/C16H19N5O2.H2N.Pr/c1-19-13-8-12(2-3-14(13)23-7-4-16(19)22)9-20-5-6-21-15(10-20)17-11-18-21;;/h2-3,8,11H,4-7,9-10H2,1H3;1H2;/q;-1;. The molecule has 2 N–H and O–H groups in total. The van der Waals surface area contributed by atoms with E-state index in [1.165, 1.54) is 5.56 Å². The molecule has 1 amide bonds. The van der Waals surface area contributed by atoms with Crippen LogP contribution in [-0.2, 0) is 24.4 Å². The molecule has 0 saturated carbocycles. The van der Waals surface area contributed by atoms with Crippen molar-refractivity contribution in [3.8, 4) is 5.75 Å². The molecule has 0 aliphatic carbocycles. The second-order valence-electron chi connectivity index (χ2n) is 5.96. The molecule has 0 spiro atoms. The number of rotatable bonds is 2. The number of anilines is 1. The smallest absolute Gasteiger partial charge is 0.230 e. The average Bonchev–Trinajstić information content (AvgIpc) is 2.97. The van der Waals surface area contributed by atoms with E-state index in [4.69, 9.17) is 4.74 Å². The van der Waals surface area contributed by atoms with Crippen LogP contribution in [0.4, 0.5) is 5.69 Å². The number of fused-ring (bicyclic) bond motifs is 2. The molecule has 2 aromatic rings. The van der Waals surface area contributed by atoms with Crippen molar-refractivity contribution in [3.05, 3.63) is 42.1 Å². The fraction of sp³-hybridized carbons (Fsp3) is 0.438. The number of amides is 1. The Morgan fingerprint density at radius 3 is 2.96 bits per heavy atom. The van der Waals surface area contributed by atoms with Gasteiger partial charge in [0.2, 0.25) is 5.91 Å². The van der Waals surface area contributed by atoms with Crippen molar-refractivity contribution in [2.75, 3.05) is 25.1 Å². The Labute approximate surface area is 180 Å². The number of benzene rings is 1. The third-order valence-corrected chi connectivity index (χ3v) is 4.43. The van der Waals surface area contributed by atoms with Crippen LogP contribution in [0, 0.1) is 41.3 Å². The number of hydrogen-bond acceptors (Lipinski definition) is 5. The number of ether oxygens (including phenoxy) is 1. The van der Waals surface area contributed by atoms with Gasteiger partial charge in [-0.25, -0.2) is 9.67 Å². The van der Waals surface area contributed by atoms with Crippen LogP contribution in [0.25, 0.3) is 6.15 Å². The SMILES string of the molecule is CN1C(=O)CCOc2ccc(CN3CCn4ncnc4C3)cc21.[NH2-].[Pr]. The largest absolute Gasteiger partial charge is 0.693 e. The third kappa shape index (κ3) is 4.19. The summed E-state index contributed by atoms with van der Waals surface area (Å²) in [5.74, 6) is 1.87. The second-order valence-corrected chi connectivity index (χ2v) is 5.96. The molecule has 2 aliphatic rings. The first-order valence-corrected chi connectivity index (χ1v) is 7.82. The van der Waals surface area contributed by atoms with Gasteiger partial charge in [-0.1, -0.05) is 6.07 Å². The van der Waals surface area contributed by atoms with Crippen LogP contribution in [0.3, 0.4) is 0 Å². The van der Waals surface area contributed by atoms with Crippen LogP contribution in [0.5, 0.6) is 5.75 Å². The van der Waals surface area contributed by atoms with Gasteiger partial charge in [0.05, 0.1) is 31.8 Å². The number of carbonyl (C=O) groups excluding carboxylic acids is 1.